The summed E-state index contributed by atoms with van der Waals surface area (Å²) in [7, 11) is 0. The quantitative estimate of drug-likeness (QED) is 0.896. The second-order valence-corrected chi connectivity index (χ2v) is 4.58. The summed E-state index contributed by atoms with van der Waals surface area (Å²) in [4.78, 5) is 0. The lowest BCUT2D eigenvalue weighted by molar-refractivity contribution is 0.465. The number of nitrogens with one attached hydrogen (secondary N) is 1. The third-order valence-electron chi connectivity index (χ3n) is 2.47. The van der Waals surface area contributed by atoms with E-state index in [-0.39, 0.29) is 18.0 Å². The maximum atomic E-state index is 13.4. The molecule has 0 unspecified atom stereocenters. The average molecular weight is 314 g/mol. The van der Waals surface area contributed by atoms with Crippen LogP contribution in [-0.2, 0) is 6.54 Å². The topological polar surface area (TPSA) is 32.3 Å². The van der Waals surface area contributed by atoms with Crippen LogP contribution < -0.4 is 5.32 Å². The third-order valence-corrected chi connectivity index (χ3v) is 3.11. The summed E-state index contributed by atoms with van der Waals surface area (Å²) in [5.41, 5.74) is 0.809. The van der Waals surface area contributed by atoms with Crippen molar-refractivity contribution in [3.8, 4) is 5.75 Å². The van der Waals surface area contributed by atoms with Gasteiger partial charge in [0.15, 0.2) is 0 Å². The fourth-order valence-electron chi connectivity index (χ4n) is 1.53. The molecule has 0 aliphatic rings. The van der Waals surface area contributed by atoms with Crippen LogP contribution in [0.4, 0.5) is 14.5 Å². The number of rotatable bonds is 3. The first-order valence-corrected chi connectivity index (χ1v) is 6.02. The molecular formula is C13H10BrF2NO. The molecule has 0 fully saturated rings. The summed E-state index contributed by atoms with van der Waals surface area (Å²) in [5.74, 6) is -1.18. The highest BCUT2D eigenvalue weighted by Crippen LogP contribution is 2.28. The molecule has 0 amide bonds. The maximum absolute atomic E-state index is 13.4. The van der Waals surface area contributed by atoms with E-state index in [0.29, 0.717) is 10.0 Å². The highest BCUT2D eigenvalue weighted by molar-refractivity contribution is 9.10. The van der Waals surface area contributed by atoms with Crippen molar-refractivity contribution in [3.05, 3.63) is 58.1 Å². The summed E-state index contributed by atoms with van der Waals surface area (Å²) in [6.45, 7) is 0.244. The molecule has 0 aromatic heterocycles. The van der Waals surface area contributed by atoms with Crippen LogP contribution in [-0.4, -0.2) is 5.11 Å². The first kappa shape index (κ1) is 12.8. The van der Waals surface area contributed by atoms with Gasteiger partial charge in [0, 0.05) is 18.2 Å². The van der Waals surface area contributed by atoms with Crippen molar-refractivity contribution in [3.63, 3.8) is 0 Å². The largest absolute Gasteiger partial charge is 0.506 e. The van der Waals surface area contributed by atoms with Crippen LogP contribution in [0.3, 0.4) is 0 Å². The number of halogens is 3. The smallest absolute Gasteiger partial charge is 0.149 e. The minimum atomic E-state index is -0.663. The number of hydrogen-bond donors (Lipinski definition) is 2. The van der Waals surface area contributed by atoms with Crippen molar-refractivity contribution in [2.24, 2.45) is 0 Å². The van der Waals surface area contributed by atoms with E-state index in [1.54, 1.807) is 18.2 Å². The Labute approximate surface area is 111 Å². The fraction of sp³-hybridized carbons (Fsp3) is 0.0769. The van der Waals surface area contributed by atoms with Crippen LogP contribution in [0.25, 0.3) is 0 Å². The van der Waals surface area contributed by atoms with E-state index < -0.39 is 11.6 Å². The number of benzene rings is 2. The first-order chi connectivity index (χ1) is 8.58. The number of para-hydroxylation sites is 1. The summed E-state index contributed by atoms with van der Waals surface area (Å²) in [5, 5.41) is 12.6. The lowest BCUT2D eigenvalue weighted by atomic mass is 10.2. The number of phenols is 1. The van der Waals surface area contributed by atoms with Gasteiger partial charge in [0.1, 0.15) is 17.4 Å². The van der Waals surface area contributed by atoms with Gasteiger partial charge in [0.25, 0.3) is 0 Å². The van der Waals surface area contributed by atoms with Crippen LogP contribution >= 0.6 is 15.9 Å². The van der Waals surface area contributed by atoms with Crippen molar-refractivity contribution in [1.29, 1.82) is 0 Å². The molecule has 0 saturated carbocycles. The van der Waals surface area contributed by atoms with Gasteiger partial charge in [0.2, 0.25) is 0 Å². The monoisotopic (exact) mass is 313 g/mol. The number of hydrogen-bond acceptors (Lipinski definition) is 2. The first-order valence-electron chi connectivity index (χ1n) is 5.23. The van der Waals surface area contributed by atoms with E-state index in [4.69, 9.17) is 0 Å². The Morgan fingerprint density at radius 3 is 2.67 bits per heavy atom. The summed E-state index contributed by atoms with van der Waals surface area (Å²) >= 11 is 3.19. The van der Waals surface area contributed by atoms with Crippen LogP contribution in [0.15, 0.2) is 40.9 Å². The van der Waals surface area contributed by atoms with Crippen molar-refractivity contribution in [1.82, 2.24) is 0 Å². The highest BCUT2D eigenvalue weighted by Gasteiger charge is 2.07. The molecule has 2 rings (SSSR count). The van der Waals surface area contributed by atoms with Gasteiger partial charge < -0.3 is 10.4 Å². The van der Waals surface area contributed by atoms with Crippen molar-refractivity contribution >= 4 is 21.6 Å². The Morgan fingerprint density at radius 2 is 1.94 bits per heavy atom. The molecule has 2 N–H and O–H groups in total. The number of phenolic OH excluding ortho intramolecular Hbond substituents is 1. The minimum absolute atomic E-state index is 0.104. The molecule has 0 aliphatic carbocycles. The molecular weight excluding hydrogens is 304 g/mol. The molecule has 0 heterocycles. The molecule has 0 radical (unpaired) electrons. The van der Waals surface area contributed by atoms with Gasteiger partial charge in [-0.15, -0.1) is 0 Å². The normalized spacial score (nSPS) is 10.4. The summed E-state index contributed by atoms with van der Waals surface area (Å²) < 4.78 is 26.6. The minimum Gasteiger partial charge on any atom is -0.506 e. The Hall–Kier alpha value is -1.62. The van der Waals surface area contributed by atoms with Crippen LogP contribution in [0.5, 0.6) is 5.75 Å². The average Bonchev–Trinajstić information content (AvgIpc) is 2.33. The maximum Gasteiger partial charge on any atom is 0.149 e. The van der Waals surface area contributed by atoms with Crippen LogP contribution in [0, 0.1) is 11.6 Å². The Morgan fingerprint density at radius 1 is 1.17 bits per heavy atom. The SMILES string of the molecule is Oc1c(Br)cccc1CNc1ccc(F)cc1F. The summed E-state index contributed by atoms with van der Waals surface area (Å²) in [6.07, 6.45) is 0. The van der Waals surface area contributed by atoms with E-state index in [2.05, 4.69) is 21.2 Å². The Balaban J connectivity index is 2.14. The molecule has 0 bridgehead atoms. The van der Waals surface area contributed by atoms with Gasteiger partial charge >= 0.3 is 0 Å². The number of anilines is 1. The molecule has 2 aromatic carbocycles. The van der Waals surface area contributed by atoms with Crippen LogP contribution in [0.2, 0.25) is 0 Å². The molecule has 0 aliphatic heterocycles. The van der Waals surface area contributed by atoms with E-state index in [0.717, 1.165) is 6.07 Å². The lowest BCUT2D eigenvalue weighted by Crippen LogP contribution is -2.02. The van der Waals surface area contributed by atoms with Crippen LogP contribution in [0.1, 0.15) is 5.56 Å². The van der Waals surface area contributed by atoms with Gasteiger partial charge in [-0.3, -0.25) is 0 Å². The second-order valence-electron chi connectivity index (χ2n) is 3.73. The van der Waals surface area contributed by atoms with Crippen molar-refractivity contribution in [2.45, 2.75) is 6.54 Å². The third kappa shape index (κ3) is 2.79. The zero-order valence-electron chi connectivity index (χ0n) is 9.25. The zero-order chi connectivity index (χ0) is 13.1. The Kier molecular flexibility index (Phi) is 3.81. The predicted molar refractivity (Wildman–Crippen MR) is 69.5 cm³/mol. The molecule has 94 valence electrons. The molecule has 2 nitrogen and oxygen atoms in total. The van der Waals surface area contributed by atoms with Crippen molar-refractivity contribution in [2.75, 3.05) is 5.32 Å². The zero-order valence-corrected chi connectivity index (χ0v) is 10.8. The molecule has 2 aromatic rings. The molecule has 0 saturated heterocycles. The van der Waals surface area contributed by atoms with E-state index >= 15 is 0 Å². The van der Waals surface area contributed by atoms with Gasteiger partial charge in [-0.1, -0.05) is 12.1 Å². The standard InChI is InChI=1S/C13H10BrF2NO/c14-10-3-1-2-8(13(10)18)7-17-12-5-4-9(15)6-11(12)16/h1-6,17-18H,7H2. The van der Waals surface area contributed by atoms with Gasteiger partial charge in [-0.2, -0.15) is 0 Å². The predicted octanol–water partition coefficient (Wildman–Crippen LogP) is 4.05. The Bertz CT molecular complexity index is 575. The number of aromatic hydroxyl groups is 1. The molecule has 0 atom stereocenters. The lowest BCUT2D eigenvalue weighted by Gasteiger charge is -2.09. The fourth-order valence-corrected chi connectivity index (χ4v) is 1.93. The molecule has 18 heavy (non-hydrogen) atoms. The highest BCUT2D eigenvalue weighted by atomic mass is 79.9. The van der Waals surface area contributed by atoms with Gasteiger partial charge in [0.05, 0.1) is 10.2 Å². The summed E-state index contributed by atoms with van der Waals surface area (Å²) in [6, 6.07) is 8.49. The van der Waals surface area contributed by atoms with Gasteiger partial charge in [-0.25, -0.2) is 8.78 Å². The van der Waals surface area contributed by atoms with E-state index in [1.165, 1.54) is 12.1 Å². The molecule has 0 spiro atoms. The van der Waals surface area contributed by atoms with E-state index in [9.17, 15) is 13.9 Å². The molecule has 5 heteroatoms. The van der Waals surface area contributed by atoms with Gasteiger partial charge in [-0.05, 0) is 34.1 Å². The second kappa shape index (κ2) is 5.35. The van der Waals surface area contributed by atoms with Crippen molar-refractivity contribution < 1.29 is 13.9 Å². The van der Waals surface area contributed by atoms with E-state index in [1.807, 2.05) is 0 Å².